The average molecular weight is 359 g/mol. The van der Waals surface area contributed by atoms with Crippen molar-refractivity contribution in [3.05, 3.63) is 83.9 Å². The van der Waals surface area contributed by atoms with E-state index in [0.717, 1.165) is 26.2 Å². The molecule has 0 saturated carbocycles. The van der Waals surface area contributed by atoms with Crippen molar-refractivity contribution >= 4 is 23.1 Å². The van der Waals surface area contributed by atoms with Gasteiger partial charge in [0.1, 0.15) is 0 Å². The Morgan fingerprint density at radius 3 is 1.81 bits per heavy atom. The van der Waals surface area contributed by atoms with E-state index in [-0.39, 0.29) is 0 Å². The average Bonchev–Trinajstić information content (AvgIpc) is 3.10. The summed E-state index contributed by atoms with van der Waals surface area (Å²) in [6.45, 7) is 4.39. The third kappa shape index (κ3) is 2.91. The normalized spacial score (nSPS) is 15.5. The summed E-state index contributed by atoms with van der Waals surface area (Å²) in [4.78, 5) is 7.80. The van der Waals surface area contributed by atoms with Crippen molar-refractivity contribution in [3.8, 4) is 0 Å². The molecule has 0 radical (unpaired) electrons. The Hall–Kier alpha value is -2.23. The van der Waals surface area contributed by atoms with Gasteiger partial charge in [-0.2, -0.15) is 0 Å². The first-order chi connectivity index (χ1) is 12.9. The zero-order valence-corrected chi connectivity index (χ0v) is 15.6. The van der Waals surface area contributed by atoms with Crippen molar-refractivity contribution in [1.82, 2.24) is 4.90 Å². The predicted octanol–water partition coefficient (Wildman–Crippen LogP) is 5.70. The first kappa shape index (κ1) is 16.0. The fraction of sp³-hybridized carbons (Fsp3) is 0.217. The van der Waals surface area contributed by atoms with Gasteiger partial charge in [0.05, 0.1) is 11.4 Å². The smallest absolute Gasteiger partial charge is 0.0552 e. The van der Waals surface area contributed by atoms with Gasteiger partial charge in [0.15, 0.2) is 0 Å². The van der Waals surface area contributed by atoms with E-state index in [0.29, 0.717) is 0 Å². The van der Waals surface area contributed by atoms with Crippen molar-refractivity contribution in [1.29, 1.82) is 0 Å². The van der Waals surface area contributed by atoms with E-state index in [1.54, 1.807) is 0 Å². The molecule has 0 amide bonds. The summed E-state index contributed by atoms with van der Waals surface area (Å²) in [5.41, 5.74) is 5.69. The number of fused-ring (bicyclic) bond motifs is 3. The van der Waals surface area contributed by atoms with Gasteiger partial charge >= 0.3 is 0 Å². The number of nitrogens with zero attached hydrogens (tertiary/aromatic N) is 2. The molecule has 2 heterocycles. The minimum absolute atomic E-state index is 1.06. The highest BCUT2D eigenvalue weighted by Gasteiger charge is 2.23. The molecule has 0 aromatic heterocycles. The lowest BCUT2D eigenvalue weighted by molar-refractivity contribution is 0.282. The van der Waals surface area contributed by atoms with E-state index in [1.807, 2.05) is 11.8 Å². The predicted molar refractivity (Wildman–Crippen MR) is 109 cm³/mol. The lowest BCUT2D eigenvalue weighted by Crippen LogP contribution is -2.26. The number of benzene rings is 3. The molecule has 26 heavy (non-hydrogen) atoms. The molecule has 0 saturated heterocycles. The second kappa shape index (κ2) is 6.82. The fourth-order valence-corrected chi connectivity index (χ4v) is 5.13. The molecule has 0 N–H and O–H groups in total. The molecule has 2 nitrogen and oxygen atoms in total. The summed E-state index contributed by atoms with van der Waals surface area (Å²) >= 11 is 1.88. The van der Waals surface area contributed by atoms with Crippen LogP contribution in [0.2, 0.25) is 0 Å². The van der Waals surface area contributed by atoms with Crippen molar-refractivity contribution in [2.45, 2.75) is 29.3 Å². The van der Waals surface area contributed by atoms with Crippen LogP contribution in [0.1, 0.15) is 17.5 Å². The monoisotopic (exact) mass is 358 g/mol. The van der Waals surface area contributed by atoms with Crippen LogP contribution >= 0.6 is 11.8 Å². The number of hydrogen-bond donors (Lipinski definition) is 0. The van der Waals surface area contributed by atoms with E-state index in [1.165, 1.54) is 38.7 Å². The second-order valence-electron chi connectivity index (χ2n) is 7.02. The molecule has 0 bridgehead atoms. The van der Waals surface area contributed by atoms with E-state index in [9.17, 15) is 0 Å². The topological polar surface area (TPSA) is 6.48 Å². The largest absolute Gasteiger partial charge is 0.340 e. The third-order valence-corrected chi connectivity index (χ3v) is 6.42. The summed E-state index contributed by atoms with van der Waals surface area (Å²) in [6.07, 6.45) is 1.17. The molecule has 0 fully saturated rings. The van der Waals surface area contributed by atoms with Crippen LogP contribution in [-0.2, 0) is 13.1 Å². The Labute approximate surface area is 159 Å². The zero-order valence-electron chi connectivity index (χ0n) is 14.8. The maximum atomic E-state index is 2.57. The van der Waals surface area contributed by atoms with Crippen molar-refractivity contribution in [3.63, 3.8) is 0 Å². The van der Waals surface area contributed by atoms with Gasteiger partial charge in [0.25, 0.3) is 0 Å². The van der Waals surface area contributed by atoms with Gasteiger partial charge in [-0.15, -0.1) is 0 Å². The highest BCUT2D eigenvalue weighted by molar-refractivity contribution is 7.99. The standard InChI is InChI=1S/C23H22N2S/c1-2-9-19-17-24(16-18(19)8-1)14-7-15-25-20-10-3-5-12-22(20)26-23-13-6-4-11-21(23)25/h1-6,8-13H,7,14-17H2. The number of anilines is 2. The van der Waals surface area contributed by atoms with Gasteiger partial charge in [-0.1, -0.05) is 60.3 Å². The number of rotatable bonds is 4. The van der Waals surface area contributed by atoms with Crippen LogP contribution in [0.3, 0.4) is 0 Å². The van der Waals surface area contributed by atoms with E-state index >= 15 is 0 Å². The highest BCUT2D eigenvalue weighted by atomic mass is 32.2. The van der Waals surface area contributed by atoms with Crippen LogP contribution in [-0.4, -0.2) is 18.0 Å². The van der Waals surface area contributed by atoms with Crippen molar-refractivity contribution in [2.24, 2.45) is 0 Å². The summed E-state index contributed by atoms with van der Waals surface area (Å²) in [5, 5.41) is 0. The zero-order chi connectivity index (χ0) is 17.3. The van der Waals surface area contributed by atoms with Gasteiger partial charge < -0.3 is 4.90 Å². The van der Waals surface area contributed by atoms with Gasteiger partial charge in [-0.25, -0.2) is 0 Å². The number of hydrogen-bond acceptors (Lipinski definition) is 3. The van der Waals surface area contributed by atoms with E-state index < -0.39 is 0 Å². The molecule has 0 spiro atoms. The third-order valence-electron chi connectivity index (χ3n) is 5.29. The van der Waals surface area contributed by atoms with Crippen LogP contribution in [0, 0.1) is 0 Å². The highest BCUT2D eigenvalue weighted by Crippen LogP contribution is 2.47. The summed E-state index contributed by atoms with van der Waals surface area (Å²) in [5.74, 6) is 0. The molecular formula is C23H22N2S. The Bertz CT molecular complexity index is 866. The van der Waals surface area contributed by atoms with Gasteiger partial charge in [0.2, 0.25) is 0 Å². The molecule has 3 heteroatoms. The lowest BCUT2D eigenvalue weighted by Gasteiger charge is -2.33. The molecule has 2 aliphatic rings. The molecule has 0 aliphatic carbocycles. The van der Waals surface area contributed by atoms with Crippen molar-refractivity contribution in [2.75, 3.05) is 18.0 Å². The SMILES string of the molecule is c1ccc2c(c1)CN(CCCN1c3ccccc3Sc3ccccc31)C2. The molecule has 130 valence electrons. The quantitative estimate of drug-likeness (QED) is 0.591. The van der Waals surface area contributed by atoms with E-state index in [2.05, 4.69) is 82.6 Å². The molecule has 2 aliphatic heterocycles. The maximum Gasteiger partial charge on any atom is 0.0552 e. The van der Waals surface area contributed by atoms with Crippen LogP contribution in [0.25, 0.3) is 0 Å². The van der Waals surface area contributed by atoms with Gasteiger partial charge in [-0.3, -0.25) is 4.90 Å². The second-order valence-corrected chi connectivity index (χ2v) is 8.11. The van der Waals surface area contributed by atoms with Crippen LogP contribution in [0.15, 0.2) is 82.6 Å². The Kier molecular flexibility index (Phi) is 4.19. The fourth-order valence-electron chi connectivity index (χ4n) is 4.04. The van der Waals surface area contributed by atoms with Gasteiger partial charge in [0, 0.05) is 36.0 Å². The molecule has 0 unspecified atom stereocenters. The molecule has 3 aromatic rings. The van der Waals surface area contributed by atoms with Crippen LogP contribution in [0.5, 0.6) is 0 Å². The van der Waals surface area contributed by atoms with E-state index in [4.69, 9.17) is 0 Å². The summed E-state index contributed by atoms with van der Waals surface area (Å²) in [7, 11) is 0. The maximum absolute atomic E-state index is 2.57. The summed E-state index contributed by atoms with van der Waals surface area (Å²) < 4.78 is 0. The molecule has 0 atom stereocenters. The summed E-state index contributed by atoms with van der Waals surface area (Å²) in [6, 6.07) is 26.4. The molecule has 5 rings (SSSR count). The minimum Gasteiger partial charge on any atom is -0.340 e. The van der Waals surface area contributed by atoms with Crippen LogP contribution < -0.4 is 4.90 Å². The van der Waals surface area contributed by atoms with Crippen molar-refractivity contribution < 1.29 is 0 Å². The Morgan fingerprint density at radius 1 is 0.654 bits per heavy atom. The lowest BCUT2D eigenvalue weighted by atomic mass is 10.1. The Balaban J connectivity index is 1.30. The van der Waals surface area contributed by atoms with Crippen LogP contribution in [0.4, 0.5) is 11.4 Å². The molecular weight excluding hydrogens is 336 g/mol. The van der Waals surface area contributed by atoms with Gasteiger partial charge in [-0.05, 0) is 41.8 Å². The molecule has 3 aromatic carbocycles. The number of para-hydroxylation sites is 2. The Morgan fingerprint density at radius 2 is 1.19 bits per heavy atom. The minimum atomic E-state index is 1.06. The first-order valence-electron chi connectivity index (χ1n) is 9.31. The first-order valence-corrected chi connectivity index (χ1v) is 10.1.